The Balaban J connectivity index is 1.63. The summed E-state index contributed by atoms with van der Waals surface area (Å²) < 4.78 is 1.80. The molecule has 0 bridgehead atoms. The first-order chi connectivity index (χ1) is 15.4. The number of thioether (sulfide) groups is 1. The third-order valence-corrected chi connectivity index (χ3v) is 5.68. The van der Waals surface area contributed by atoms with E-state index < -0.39 is 0 Å². The molecule has 2 amide bonds. The minimum Gasteiger partial charge on any atom is -0.325 e. The molecule has 0 aliphatic heterocycles. The van der Waals surface area contributed by atoms with Gasteiger partial charge in [0.05, 0.1) is 12.2 Å². The molecule has 8 heteroatoms. The number of anilines is 2. The van der Waals surface area contributed by atoms with Gasteiger partial charge >= 0.3 is 0 Å². The van der Waals surface area contributed by atoms with Crippen LogP contribution in [0.1, 0.15) is 22.5 Å². The van der Waals surface area contributed by atoms with E-state index in [1.165, 1.54) is 11.8 Å². The molecule has 1 heterocycles. The molecule has 7 nitrogen and oxygen atoms in total. The third-order valence-electron chi connectivity index (χ3n) is 4.71. The molecule has 0 spiro atoms. The lowest BCUT2D eigenvalue weighted by molar-refractivity contribution is -0.116. The highest BCUT2D eigenvalue weighted by molar-refractivity contribution is 7.99. The van der Waals surface area contributed by atoms with Gasteiger partial charge in [0.15, 0.2) is 5.16 Å². The first-order valence-corrected chi connectivity index (χ1v) is 11.2. The molecule has 2 aromatic carbocycles. The Bertz CT molecular complexity index is 1140. The van der Waals surface area contributed by atoms with E-state index in [0.29, 0.717) is 17.5 Å². The summed E-state index contributed by atoms with van der Waals surface area (Å²) in [6.07, 6.45) is 1.79. The van der Waals surface area contributed by atoms with Crippen LogP contribution in [0.4, 0.5) is 11.4 Å². The molecular formula is C24H27N5O2S. The van der Waals surface area contributed by atoms with E-state index in [1.54, 1.807) is 10.6 Å². The largest absolute Gasteiger partial charge is 0.325 e. The number of aryl methyl sites for hydroxylation is 3. The van der Waals surface area contributed by atoms with E-state index in [-0.39, 0.29) is 24.0 Å². The second-order valence-corrected chi connectivity index (χ2v) is 8.49. The van der Waals surface area contributed by atoms with E-state index in [9.17, 15) is 9.59 Å². The van der Waals surface area contributed by atoms with Crippen LogP contribution in [0.15, 0.2) is 60.3 Å². The summed E-state index contributed by atoms with van der Waals surface area (Å²) in [4.78, 5) is 24.9. The second kappa shape index (κ2) is 10.8. The van der Waals surface area contributed by atoms with Crippen molar-refractivity contribution < 1.29 is 9.59 Å². The fourth-order valence-electron chi connectivity index (χ4n) is 3.21. The van der Waals surface area contributed by atoms with Crippen molar-refractivity contribution in [1.29, 1.82) is 0 Å². The lowest BCUT2D eigenvalue weighted by Crippen LogP contribution is -2.18. The first-order valence-electron chi connectivity index (χ1n) is 10.2. The predicted molar refractivity (Wildman–Crippen MR) is 129 cm³/mol. The zero-order chi connectivity index (χ0) is 23.1. The van der Waals surface area contributed by atoms with E-state index in [1.807, 2.05) is 63.2 Å². The Morgan fingerprint density at radius 3 is 2.53 bits per heavy atom. The van der Waals surface area contributed by atoms with Crippen LogP contribution in [0.25, 0.3) is 0 Å². The number of rotatable bonds is 9. The fourth-order valence-corrected chi connectivity index (χ4v) is 3.98. The SMILES string of the molecule is C=CCn1c(CC(=O)Nc2ccc(C)cc2C)nnc1SCC(=O)Nc1cccc(C)c1. The average molecular weight is 450 g/mol. The van der Waals surface area contributed by atoms with Crippen LogP contribution in [0.2, 0.25) is 0 Å². The van der Waals surface area contributed by atoms with Gasteiger partial charge in [0.1, 0.15) is 5.82 Å². The minimum atomic E-state index is -0.177. The normalized spacial score (nSPS) is 10.6. The minimum absolute atomic E-state index is 0.0736. The van der Waals surface area contributed by atoms with Gasteiger partial charge in [0, 0.05) is 17.9 Å². The molecule has 2 N–H and O–H groups in total. The van der Waals surface area contributed by atoms with E-state index in [0.717, 1.165) is 28.1 Å². The molecule has 0 aliphatic rings. The van der Waals surface area contributed by atoms with Crippen molar-refractivity contribution in [2.45, 2.75) is 38.9 Å². The Labute approximate surface area is 192 Å². The number of allylic oxidation sites excluding steroid dienone is 1. The summed E-state index contributed by atoms with van der Waals surface area (Å²) in [7, 11) is 0. The van der Waals surface area contributed by atoms with E-state index in [4.69, 9.17) is 0 Å². The molecule has 0 radical (unpaired) electrons. The van der Waals surface area contributed by atoms with Gasteiger partial charge in [-0.2, -0.15) is 0 Å². The molecule has 0 atom stereocenters. The molecular weight excluding hydrogens is 422 g/mol. The summed E-state index contributed by atoms with van der Waals surface area (Å²) in [5, 5.41) is 14.7. The summed E-state index contributed by atoms with van der Waals surface area (Å²) >= 11 is 1.27. The molecule has 0 aliphatic carbocycles. The summed E-state index contributed by atoms with van der Waals surface area (Å²) in [5.41, 5.74) is 4.75. The van der Waals surface area contributed by atoms with Crippen LogP contribution in [-0.4, -0.2) is 32.3 Å². The maximum absolute atomic E-state index is 12.6. The van der Waals surface area contributed by atoms with Crippen molar-refractivity contribution in [3.8, 4) is 0 Å². The van der Waals surface area contributed by atoms with Gasteiger partial charge in [0.25, 0.3) is 0 Å². The van der Waals surface area contributed by atoms with Crippen molar-refractivity contribution in [2.75, 3.05) is 16.4 Å². The number of nitrogens with zero attached hydrogens (tertiary/aromatic N) is 3. The molecule has 0 fully saturated rings. The van der Waals surface area contributed by atoms with Gasteiger partial charge < -0.3 is 15.2 Å². The monoisotopic (exact) mass is 449 g/mol. The van der Waals surface area contributed by atoms with Gasteiger partial charge in [-0.1, -0.05) is 47.7 Å². The van der Waals surface area contributed by atoms with Gasteiger partial charge in [-0.3, -0.25) is 9.59 Å². The molecule has 3 rings (SSSR count). The molecule has 0 saturated carbocycles. The highest BCUT2D eigenvalue weighted by atomic mass is 32.2. The number of carbonyl (C=O) groups excluding carboxylic acids is 2. The van der Waals surface area contributed by atoms with Crippen LogP contribution in [0, 0.1) is 20.8 Å². The highest BCUT2D eigenvalue weighted by Crippen LogP contribution is 2.20. The van der Waals surface area contributed by atoms with Crippen LogP contribution in [0.3, 0.4) is 0 Å². The number of amides is 2. The zero-order valence-corrected chi connectivity index (χ0v) is 19.3. The quantitative estimate of drug-likeness (QED) is 0.376. The molecule has 32 heavy (non-hydrogen) atoms. The van der Waals surface area contributed by atoms with Gasteiger partial charge in [-0.05, 0) is 50.1 Å². The van der Waals surface area contributed by atoms with Gasteiger partial charge in [-0.15, -0.1) is 16.8 Å². The number of carbonyl (C=O) groups is 2. The maximum Gasteiger partial charge on any atom is 0.234 e. The van der Waals surface area contributed by atoms with Crippen molar-refractivity contribution in [1.82, 2.24) is 14.8 Å². The van der Waals surface area contributed by atoms with Crippen molar-refractivity contribution in [3.63, 3.8) is 0 Å². The number of benzene rings is 2. The Hall–Kier alpha value is -3.39. The Morgan fingerprint density at radius 1 is 1.03 bits per heavy atom. The number of hydrogen-bond acceptors (Lipinski definition) is 5. The van der Waals surface area contributed by atoms with Crippen LogP contribution in [-0.2, 0) is 22.6 Å². The summed E-state index contributed by atoms with van der Waals surface area (Å²) in [6.45, 7) is 10.2. The average Bonchev–Trinajstić information content (AvgIpc) is 3.10. The molecule has 166 valence electrons. The lowest BCUT2D eigenvalue weighted by atomic mass is 10.1. The summed E-state index contributed by atoms with van der Waals surface area (Å²) in [6, 6.07) is 13.5. The number of hydrogen-bond donors (Lipinski definition) is 2. The van der Waals surface area contributed by atoms with Crippen molar-refractivity contribution in [2.24, 2.45) is 0 Å². The van der Waals surface area contributed by atoms with Crippen molar-refractivity contribution >= 4 is 35.0 Å². The van der Waals surface area contributed by atoms with Crippen LogP contribution in [0.5, 0.6) is 0 Å². The first kappa shape index (κ1) is 23.3. The highest BCUT2D eigenvalue weighted by Gasteiger charge is 2.17. The van der Waals surface area contributed by atoms with Gasteiger partial charge in [0.2, 0.25) is 11.8 Å². The Morgan fingerprint density at radius 2 is 1.81 bits per heavy atom. The second-order valence-electron chi connectivity index (χ2n) is 7.55. The molecule has 3 aromatic rings. The fraction of sp³-hybridized carbons (Fsp3) is 0.250. The zero-order valence-electron chi connectivity index (χ0n) is 18.5. The molecule has 1 aromatic heterocycles. The third kappa shape index (κ3) is 6.31. The predicted octanol–water partition coefficient (Wildman–Crippen LogP) is 4.30. The topological polar surface area (TPSA) is 88.9 Å². The van der Waals surface area contributed by atoms with Crippen LogP contribution < -0.4 is 10.6 Å². The number of nitrogens with one attached hydrogen (secondary N) is 2. The maximum atomic E-state index is 12.6. The molecule has 0 unspecified atom stereocenters. The Kier molecular flexibility index (Phi) is 7.83. The van der Waals surface area contributed by atoms with Crippen molar-refractivity contribution in [3.05, 3.63) is 77.6 Å². The lowest BCUT2D eigenvalue weighted by Gasteiger charge is -2.10. The summed E-state index contributed by atoms with van der Waals surface area (Å²) in [5.74, 6) is 0.387. The smallest absolute Gasteiger partial charge is 0.234 e. The molecule has 0 saturated heterocycles. The number of aromatic nitrogens is 3. The standard InChI is InChI=1S/C24H27N5O2S/c1-5-11-29-21(14-22(30)26-20-10-9-17(3)12-18(20)4)27-28-24(29)32-15-23(31)25-19-8-6-7-16(2)13-19/h5-10,12-13H,1,11,14-15H2,2-4H3,(H,25,31)(H,26,30). The van der Waals surface area contributed by atoms with E-state index >= 15 is 0 Å². The van der Waals surface area contributed by atoms with E-state index in [2.05, 4.69) is 27.4 Å². The van der Waals surface area contributed by atoms with Gasteiger partial charge in [-0.25, -0.2) is 0 Å². The van der Waals surface area contributed by atoms with Crippen LogP contribution >= 0.6 is 11.8 Å².